The van der Waals surface area contributed by atoms with Crippen LogP contribution in [0.4, 0.5) is 11.5 Å². The fraction of sp³-hybridized carbons (Fsp3) is 0.304. The van der Waals surface area contributed by atoms with Crippen molar-refractivity contribution in [3.63, 3.8) is 0 Å². The average Bonchev–Trinajstić information content (AvgIpc) is 2.71. The van der Waals surface area contributed by atoms with Crippen LogP contribution in [0.2, 0.25) is 0 Å². The normalized spacial score (nSPS) is 14.3. The van der Waals surface area contributed by atoms with Crippen LogP contribution in [0.5, 0.6) is 0 Å². The van der Waals surface area contributed by atoms with Crippen molar-refractivity contribution in [1.82, 2.24) is 4.98 Å². The first-order valence-electron chi connectivity index (χ1n) is 9.64. The van der Waals surface area contributed by atoms with Crippen LogP contribution in [-0.4, -0.2) is 37.2 Å². The zero-order valence-corrected chi connectivity index (χ0v) is 16.6. The maximum absolute atomic E-state index is 12.6. The molecule has 0 unspecified atom stereocenters. The first-order chi connectivity index (χ1) is 13.5. The Bertz CT molecular complexity index is 1040. The van der Waals surface area contributed by atoms with Gasteiger partial charge in [0, 0.05) is 29.7 Å². The van der Waals surface area contributed by atoms with Gasteiger partial charge in [-0.05, 0) is 73.9 Å². The summed E-state index contributed by atoms with van der Waals surface area (Å²) in [5, 5.41) is 4.06. The lowest BCUT2D eigenvalue weighted by Gasteiger charge is -2.28. The fourth-order valence-electron chi connectivity index (χ4n) is 3.49. The SMILES string of the molecule is Cc1ccc(C(=O)Nc2ccc3nc(N4CCOCC4)cc(C)c3c2)cc1C. The van der Waals surface area contributed by atoms with Crippen molar-refractivity contribution in [2.75, 3.05) is 36.5 Å². The molecule has 4 rings (SSSR count). The van der Waals surface area contributed by atoms with E-state index in [0.29, 0.717) is 5.56 Å². The first kappa shape index (κ1) is 18.4. The lowest BCUT2D eigenvalue weighted by molar-refractivity contribution is 0.102. The lowest BCUT2D eigenvalue weighted by atomic mass is 10.1. The molecule has 0 spiro atoms. The molecule has 0 bridgehead atoms. The van der Waals surface area contributed by atoms with Crippen molar-refractivity contribution in [3.05, 3.63) is 64.7 Å². The predicted molar refractivity (Wildman–Crippen MR) is 113 cm³/mol. The molecule has 0 saturated carbocycles. The molecule has 3 aromatic rings. The number of aromatic nitrogens is 1. The van der Waals surface area contributed by atoms with E-state index in [9.17, 15) is 4.79 Å². The number of fused-ring (bicyclic) bond motifs is 1. The molecule has 0 atom stereocenters. The van der Waals surface area contributed by atoms with E-state index in [1.807, 2.05) is 50.2 Å². The second-order valence-corrected chi connectivity index (χ2v) is 7.38. The van der Waals surface area contributed by atoms with Crippen molar-refractivity contribution >= 4 is 28.3 Å². The number of benzene rings is 2. The molecule has 28 heavy (non-hydrogen) atoms. The van der Waals surface area contributed by atoms with E-state index in [-0.39, 0.29) is 5.91 Å². The highest BCUT2D eigenvalue weighted by atomic mass is 16.5. The molecule has 1 N–H and O–H groups in total. The number of aryl methyl sites for hydroxylation is 3. The Morgan fingerprint density at radius 3 is 2.50 bits per heavy atom. The molecule has 0 radical (unpaired) electrons. The Morgan fingerprint density at radius 1 is 0.964 bits per heavy atom. The Labute approximate surface area is 165 Å². The summed E-state index contributed by atoms with van der Waals surface area (Å²) in [6.07, 6.45) is 0. The molecule has 144 valence electrons. The van der Waals surface area contributed by atoms with Crippen molar-refractivity contribution < 1.29 is 9.53 Å². The van der Waals surface area contributed by atoms with Crippen molar-refractivity contribution in [2.24, 2.45) is 0 Å². The number of rotatable bonds is 3. The van der Waals surface area contributed by atoms with E-state index in [4.69, 9.17) is 9.72 Å². The minimum atomic E-state index is -0.0991. The van der Waals surface area contributed by atoms with Gasteiger partial charge in [0.15, 0.2) is 0 Å². The summed E-state index contributed by atoms with van der Waals surface area (Å²) in [5.41, 5.74) is 5.82. The number of carbonyl (C=O) groups excluding carboxylic acids is 1. The van der Waals surface area contributed by atoms with Gasteiger partial charge >= 0.3 is 0 Å². The average molecular weight is 375 g/mol. The summed E-state index contributed by atoms with van der Waals surface area (Å²) in [6, 6.07) is 13.8. The molecular formula is C23H25N3O2. The lowest BCUT2D eigenvalue weighted by Crippen LogP contribution is -2.36. The molecule has 2 heterocycles. The number of morpholine rings is 1. The molecule has 1 aliphatic heterocycles. The molecule has 5 nitrogen and oxygen atoms in total. The van der Waals surface area contributed by atoms with E-state index in [0.717, 1.165) is 59.8 Å². The van der Waals surface area contributed by atoms with Gasteiger partial charge in [-0.3, -0.25) is 4.79 Å². The smallest absolute Gasteiger partial charge is 0.255 e. The Balaban J connectivity index is 1.59. The molecule has 5 heteroatoms. The number of anilines is 2. The number of pyridine rings is 1. The van der Waals surface area contributed by atoms with Gasteiger partial charge in [-0.25, -0.2) is 4.98 Å². The third-order valence-corrected chi connectivity index (χ3v) is 5.36. The molecule has 1 fully saturated rings. The van der Waals surface area contributed by atoms with E-state index in [2.05, 4.69) is 23.2 Å². The van der Waals surface area contributed by atoms with Gasteiger partial charge in [-0.15, -0.1) is 0 Å². The number of hydrogen-bond acceptors (Lipinski definition) is 4. The highest BCUT2D eigenvalue weighted by molar-refractivity contribution is 6.05. The van der Waals surface area contributed by atoms with Crippen molar-refractivity contribution in [2.45, 2.75) is 20.8 Å². The van der Waals surface area contributed by atoms with E-state index in [1.165, 1.54) is 5.56 Å². The highest BCUT2D eigenvalue weighted by Crippen LogP contribution is 2.26. The molecule has 1 aliphatic rings. The molecule has 1 saturated heterocycles. The van der Waals surface area contributed by atoms with Crippen LogP contribution in [0, 0.1) is 20.8 Å². The molecule has 0 aliphatic carbocycles. The van der Waals surface area contributed by atoms with Gasteiger partial charge in [0.2, 0.25) is 0 Å². The predicted octanol–water partition coefficient (Wildman–Crippen LogP) is 4.25. The number of amides is 1. The van der Waals surface area contributed by atoms with Crippen LogP contribution in [0.25, 0.3) is 10.9 Å². The number of nitrogens with zero attached hydrogens (tertiary/aromatic N) is 2. The Kier molecular flexibility index (Phi) is 5.01. The second kappa shape index (κ2) is 7.60. The van der Waals surface area contributed by atoms with Gasteiger partial charge in [0.1, 0.15) is 5.82 Å². The van der Waals surface area contributed by atoms with Crippen LogP contribution < -0.4 is 10.2 Å². The molecule has 1 aromatic heterocycles. The minimum Gasteiger partial charge on any atom is -0.378 e. The monoisotopic (exact) mass is 375 g/mol. The summed E-state index contributed by atoms with van der Waals surface area (Å²) in [5.74, 6) is 0.887. The Hall–Kier alpha value is -2.92. The van der Waals surface area contributed by atoms with Crippen LogP contribution in [0.3, 0.4) is 0 Å². The van der Waals surface area contributed by atoms with Gasteiger partial charge in [0.25, 0.3) is 5.91 Å². The number of nitrogens with one attached hydrogen (secondary N) is 1. The highest BCUT2D eigenvalue weighted by Gasteiger charge is 2.15. The summed E-state index contributed by atoms with van der Waals surface area (Å²) in [7, 11) is 0. The first-order valence-corrected chi connectivity index (χ1v) is 9.64. The van der Waals surface area contributed by atoms with E-state index < -0.39 is 0 Å². The van der Waals surface area contributed by atoms with Crippen LogP contribution in [-0.2, 0) is 4.74 Å². The summed E-state index contributed by atoms with van der Waals surface area (Å²) >= 11 is 0. The van der Waals surface area contributed by atoms with Crippen LogP contribution >= 0.6 is 0 Å². The van der Waals surface area contributed by atoms with E-state index in [1.54, 1.807) is 0 Å². The summed E-state index contributed by atoms with van der Waals surface area (Å²) in [4.78, 5) is 19.7. The number of hydrogen-bond donors (Lipinski definition) is 1. The van der Waals surface area contributed by atoms with Gasteiger partial charge in [0.05, 0.1) is 18.7 Å². The second-order valence-electron chi connectivity index (χ2n) is 7.38. The molecule has 2 aromatic carbocycles. The van der Waals surface area contributed by atoms with E-state index >= 15 is 0 Å². The zero-order valence-electron chi connectivity index (χ0n) is 16.6. The largest absolute Gasteiger partial charge is 0.378 e. The maximum atomic E-state index is 12.6. The van der Waals surface area contributed by atoms with Crippen LogP contribution in [0.1, 0.15) is 27.0 Å². The fourth-order valence-corrected chi connectivity index (χ4v) is 3.49. The minimum absolute atomic E-state index is 0.0991. The maximum Gasteiger partial charge on any atom is 0.255 e. The van der Waals surface area contributed by atoms with Gasteiger partial charge in [-0.2, -0.15) is 0 Å². The van der Waals surface area contributed by atoms with Gasteiger partial charge in [-0.1, -0.05) is 6.07 Å². The number of ether oxygens (including phenoxy) is 1. The third kappa shape index (κ3) is 3.71. The van der Waals surface area contributed by atoms with Crippen molar-refractivity contribution in [1.29, 1.82) is 0 Å². The third-order valence-electron chi connectivity index (χ3n) is 5.36. The Morgan fingerprint density at radius 2 is 1.75 bits per heavy atom. The number of carbonyl (C=O) groups is 1. The molecule has 1 amide bonds. The standard InChI is InChI=1S/C23H25N3O2/c1-15-4-5-18(12-16(15)2)23(27)24-19-6-7-21-20(14-19)17(3)13-22(25-21)26-8-10-28-11-9-26/h4-7,12-14H,8-11H2,1-3H3,(H,24,27). The quantitative estimate of drug-likeness (QED) is 0.744. The molecular weight excluding hydrogens is 350 g/mol. The van der Waals surface area contributed by atoms with Crippen molar-refractivity contribution in [3.8, 4) is 0 Å². The zero-order chi connectivity index (χ0) is 19.7. The van der Waals surface area contributed by atoms with Crippen LogP contribution in [0.15, 0.2) is 42.5 Å². The van der Waals surface area contributed by atoms with Gasteiger partial charge < -0.3 is 15.0 Å². The summed E-state index contributed by atoms with van der Waals surface area (Å²) in [6.45, 7) is 9.35. The topological polar surface area (TPSA) is 54.5 Å². The summed E-state index contributed by atoms with van der Waals surface area (Å²) < 4.78 is 5.43.